The highest BCUT2D eigenvalue weighted by Gasteiger charge is 2.53. The van der Waals surface area contributed by atoms with Crippen LogP contribution < -0.4 is 0 Å². The Morgan fingerprint density at radius 3 is 2.61 bits per heavy atom. The molecule has 0 aromatic carbocycles. The number of amides is 1. The number of carbonyl (C=O) groups is 1. The fourth-order valence-electron chi connectivity index (χ4n) is 3.61. The maximum Gasteiger partial charge on any atom is 0.248 e. The van der Waals surface area contributed by atoms with Crippen LogP contribution in [0.2, 0.25) is 0 Å². The van der Waals surface area contributed by atoms with Crippen LogP contribution in [0.3, 0.4) is 0 Å². The number of carbonyl (C=O) groups excluding carboxylic acids is 1. The van der Waals surface area contributed by atoms with E-state index in [2.05, 4.69) is 4.90 Å². The van der Waals surface area contributed by atoms with Crippen LogP contribution in [0.5, 0.6) is 0 Å². The van der Waals surface area contributed by atoms with Crippen molar-refractivity contribution in [1.82, 2.24) is 9.80 Å². The lowest BCUT2D eigenvalue weighted by Gasteiger charge is -2.52. The standard InChI is InChI=1S/C15H26N2O5S/c1-2-21-9-14(18)17-10-15(11-17)12-23(19,20)13(8-22-15)7-16-5-3-4-6-16/h13H,2-12H2,1H3/t13-/m0/s1. The molecule has 3 rings (SSSR count). The van der Waals surface area contributed by atoms with Gasteiger partial charge in [0.15, 0.2) is 9.84 Å². The molecule has 0 aromatic heterocycles. The Morgan fingerprint density at radius 1 is 1.30 bits per heavy atom. The predicted molar refractivity (Wildman–Crippen MR) is 85.0 cm³/mol. The Kier molecular flexibility index (Phi) is 4.96. The zero-order chi connectivity index (χ0) is 16.5. The van der Waals surface area contributed by atoms with Gasteiger partial charge in [-0.25, -0.2) is 8.42 Å². The third kappa shape index (κ3) is 3.70. The van der Waals surface area contributed by atoms with Crippen molar-refractivity contribution in [2.45, 2.75) is 30.6 Å². The van der Waals surface area contributed by atoms with E-state index in [0.717, 1.165) is 25.9 Å². The van der Waals surface area contributed by atoms with Gasteiger partial charge in [-0.05, 0) is 32.9 Å². The fraction of sp³-hybridized carbons (Fsp3) is 0.933. The molecule has 1 spiro atoms. The molecule has 0 N–H and O–H groups in total. The number of likely N-dealkylation sites (tertiary alicyclic amines) is 2. The summed E-state index contributed by atoms with van der Waals surface area (Å²) in [5.41, 5.74) is -0.692. The average Bonchev–Trinajstić information content (AvgIpc) is 2.97. The SMILES string of the molecule is CCOCC(=O)N1CC2(C1)CS(=O)(=O)[C@@H](CN1CCCC1)CO2. The molecule has 0 radical (unpaired) electrons. The molecule has 132 valence electrons. The first-order chi connectivity index (χ1) is 10.9. The highest BCUT2D eigenvalue weighted by Crippen LogP contribution is 2.33. The molecule has 0 bridgehead atoms. The average molecular weight is 346 g/mol. The molecule has 0 saturated carbocycles. The normalized spacial score (nSPS) is 29.6. The summed E-state index contributed by atoms with van der Waals surface area (Å²) >= 11 is 0. The maximum absolute atomic E-state index is 12.6. The van der Waals surface area contributed by atoms with E-state index in [0.29, 0.717) is 26.2 Å². The topological polar surface area (TPSA) is 76.2 Å². The van der Waals surface area contributed by atoms with Crippen LogP contribution in [0, 0.1) is 0 Å². The van der Waals surface area contributed by atoms with Crippen molar-refractivity contribution in [2.75, 3.05) is 58.3 Å². The molecule has 3 fully saturated rings. The number of hydrogen-bond donors (Lipinski definition) is 0. The molecule has 3 aliphatic rings. The monoisotopic (exact) mass is 346 g/mol. The molecular weight excluding hydrogens is 320 g/mol. The molecule has 3 saturated heterocycles. The van der Waals surface area contributed by atoms with E-state index >= 15 is 0 Å². The molecular formula is C15H26N2O5S. The first-order valence-corrected chi connectivity index (χ1v) is 10.1. The minimum Gasteiger partial charge on any atom is -0.372 e. The van der Waals surface area contributed by atoms with Crippen molar-refractivity contribution < 1.29 is 22.7 Å². The van der Waals surface area contributed by atoms with E-state index in [9.17, 15) is 13.2 Å². The van der Waals surface area contributed by atoms with Gasteiger partial charge in [0.2, 0.25) is 5.91 Å². The van der Waals surface area contributed by atoms with Gasteiger partial charge in [-0.1, -0.05) is 0 Å². The van der Waals surface area contributed by atoms with Gasteiger partial charge >= 0.3 is 0 Å². The minimum absolute atomic E-state index is 0.0247. The van der Waals surface area contributed by atoms with Crippen molar-refractivity contribution in [2.24, 2.45) is 0 Å². The second kappa shape index (κ2) is 6.66. The summed E-state index contributed by atoms with van der Waals surface area (Å²) in [5.74, 6) is -0.0747. The molecule has 1 atom stereocenters. The van der Waals surface area contributed by atoms with Gasteiger partial charge in [0, 0.05) is 13.2 Å². The van der Waals surface area contributed by atoms with E-state index < -0.39 is 20.7 Å². The summed E-state index contributed by atoms with van der Waals surface area (Å²) < 4.78 is 36.2. The number of sulfone groups is 1. The van der Waals surface area contributed by atoms with E-state index in [4.69, 9.17) is 9.47 Å². The number of ether oxygens (including phenoxy) is 2. The maximum atomic E-state index is 12.6. The summed E-state index contributed by atoms with van der Waals surface area (Å²) in [5, 5.41) is -0.431. The number of rotatable bonds is 5. The van der Waals surface area contributed by atoms with Crippen molar-refractivity contribution in [1.29, 1.82) is 0 Å². The summed E-state index contributed by atoms with van der Waals surface area (Å²) in [6.45, 7) is 5.88. The van der Waals surface area contributed by atoms with E-state index in [-0.39, 0.29) is 24.9 Å². The van der Waals surface area contributed by atoms with Gasteiger partial charge in [0.25, 0.3) is 0 Å². The van der Waals surface area contributed by atoms with E-state index in [1.165, 1.54) is 0 Å². The lowest BCUT2D eigenvalue weighted by molar-refractivity contribution is -0.168. The molecule has 3 aliphatic heterocycles. The van der Waals surface area contributed by atoms with Crippen LogP contribution in [-0.4, -0.2) is 93.3 Å². The zero-order valence-corrected chi connectivity index (χ0v) is 14.5. The van der Waals surface area contributed by atoms with Gasteiger partial charge in [0.1, 0.15) is 12.2 Å². The molecule has 3 heterocycles. The van der Waals surface area contributed by atoms with Crippen LogP contribution >= 0.6 is 0 Å². The second-order valence-electron chi connectivity index (χ2n) is 6.82. The van der Waals surface area contributed by atoms with E-state index in [1.54, 1.807) is 4.90 Å². The number of nitrogens with zero attached hydrogens (tertiary/aromatic N) is 2. The smallest absolute Gasteiger partial charge is 0.248 e. The highest BCUT2D eigenvalue weighted by molar-refractivity contribution is 7.92. The van der Waals surface area contributed by atoms with Crippen LogP contribution in [0.4, 0.5) is 0 Å². The molecule has 0 aliphatic carbocycles. The Hall–Kier alpha value is -0.700. The van der Waals surface area contributed by atoms with Gasteiger partial charge < -0.3 is 19.3 Å². The summed E-state index contributed by atoms with van der Waals surface area (Å²) in [7, 11) is -3.18. The highest BCUT2D eigenvalue weighted by atomic mass is 32.2. The summed E-state index contributed by atoms with van der Waals surface area (Å²) in [6, 6.07) is 0. The quantitative estimate of drug-likeness (QED) is 0.669. The van der Waals surface area contributed by atoms with Crippen LogP contribution in [0.15, 0.2) is 0 Å². The summed E-state index contributed by atoms with van der Waals surface area (Å²) in [6.07, 6.45) is 2.29. The Bertz CT molecular complexity index is 538. The van der Waals surface area contributed by atoms with E-state index in [1.807, 2.05) is 6.92 Å². The third-order valence-corrected chi connectivity index (χ3v) is 7.18. The fourth-order valence-corrected chi connectivity index (χ4v) is 5.56. The minimum atomic E-state index is -3.18. The third-order valence-electron chi connectivity index (χ3n) is 4.95. The molecule has 0 unspecified atom stereocenters. The van der Waals surface area contributed by atoms with Crippen LogP contribution in [-0.2, 0) is 24.1 Å². The van der Waals surface area contributed by atoms with Gasteiger partial charge in [-0.3, -0.25) is 4.79 Å². The second-order valence-corrected chi connectivity index (χ2v) is 9.10. The van der Waals surface area contributed by atoms with Crippen molar-refractivity contribution in [3.8, 4) is 0 Å². The number of hydrogen-bond acceptors (Lipinski definition) is 6. The van der Waals surface area contributed by atoms with Crippen molar-refractivity contribution in [3.05, 3.63) is 0 Å². The zero-order valence-electron chi connectivity index (χ0n) is 13.7. The van der Waals surface area contributed by atoms with Crippen LogP contribution in [0.25, 0.3) is 0 Å². The van der Waals surface area contributed by atoms with Crippen molar-refractivity contribution in [3.63, 3.8) is 0 Å². The van der Waals surface area contributed by atoms with Gasteiger partial charge in [-0.2, -0.15) is 0 Å². The lowest BCUT2D eigenvalue weighted by atomic mass is 9.95. The molecule has 0 aromatic rings. The van der Waals surface area contributed by atoms with Crippen LogP contribution in [0.1, 0.15) is 19.8 Å². The molecule has 8 heteroatoms. The van der Waals surface area contributed by atoms with Gasteiger partial charge in [-0.15, -0.1) is 0 Å². The molecule has 23 heavy (non-hydrogen) atoms. The lowest BCUT2D eigenvalue weighted by Crippen LogP contribution is -2.71. The molecule has 7 nitrogen and oxygen atoms in total. The Balaban J connectivity index is 1.53. The summed E-state index contributed by atoms with van der Waals surface area (Å²) in [4.78, 5) is 15.7. The van der Waals surface area contributed by atoms with Gasteiger partial charge in [0.05, 0.1) is 30.7 Å². The largest absolute Gasteiger partial charge is 0.372 e. The predicted octanol–water partition coefficient (Wildman–Crippen LogP) is -0.487. The molecule has 1 amide bonds. The first-order valence-electron chi connectivity index (χ1n) is 8.37. The Morgan fingerprint density at radius 2 is 2.00 bits per heavy atom. The first kappa shape index (κ1) is 17.1. The Labute approximate surface area is 137 Å². The van der Waals surface area contributed by atoms with Crippen molar-refractivity contribution >= 4 is 15.7 Å².